The van der Waals surface area contributed by atoms with Crippen molar-refractivity contribution >= 4 is 8.69 Å². The summed E-state index contributed by atoms with van der Waals surface area (Å²) in [4.78, 5) is 0. The van der Waals surface area contributed by atoms with Crippen LogP contribution in [0.2, 0.25) is 0 Å². The molecule has 0 radical (unpaired) electrons. The summed E-state index contributed by atoms with van der Waals surface area (Å²) >= 11 is 0. The largest absolute Gasteiger partial charge is 1.00 e. The first kappa shape index (κ1) is 10.6. The first-order valence-electron chi connectivity index (χ1n) is 1.36. The Morgan fingerprint density at radius 3 is 2.50 bits per heavy atom. The normalized spacial score (nSPS) is 7.50. The Morgan fingerprint density at radius 2 is 2.50 bits per heavy atom. The second-order valence-electron chi connectivity index (χ2n) is 0.492. The van der Waals surface area contributed by atoms with Crippen LogP contribution in [0, 0.1) is 0 Å². The van der Waals surface area contributed by atoms with Gasteiger partial charge in [0.25, 0.3) is 0 Å². The van der Waals surface area contributed by atoms with E-state index in [9.17, 15) is 4.57 Å². The van der Waals surface area contributed by atoms with E-state index in [0.717, 1.165) is 0 Å². The van der Waals surface area contributed by atoms with Gasteiger partial charge in [-0.25, -0.2) is 4.57 Å². The van der Waals surface area contributed by atoms with Crippen molar-refractivity contribution in [3.63, 3.8) is 0 Å². The monoisotopic (exact) mass is 132 g/mol. The van der Waals surface area contributed by atoms with E-state index in [1.54, 1.807) is 6.92 Å². The quantitative estimate of drug-likeness (QED) is 0.332. The van der Waals surface area contributed by atoms with E-state index in [1.807, 2.05) is 0 Å². The van der Waals surface area contributed by atoms with Crippen molar-refractivity contribution in [2.75, 3.05) is 6.61 Å². The second-order valence-corrected chi connectivity index (χ2v) is 0.900. The molecule has 0 fully saturated rings. The van der Waals surface area contributed by atoms with Crippen molar-refractivity contribution in [1.82, 2.24) is 0 Å². The zero-order valence-corrected chi connectivity index (χ0v) is 7.99. The molecule has 2 nitrogen and oxygen atoms in total. The topological polar surface area (TPSA) is 26.3 Å². The maximum atomic E-state index is 9.28. The van der Waals surface area contributed by atoms with Gasteiger partial charge in [0.05, 0.1) is 6.61 Å². The molecule has 0 rings (SSSR count). The van der Waals surface area contributed by atoms with Crippen LogP contribution in [0.25, 0.3) is 0 Å². The van der Waals surface area contributed by atoms with Crippen LogP contribution in [-0.4, -0.2) is 6.61 Å². The van der Waals surface area contributed by atoms with Gasteiger partial charge in [-0.15, -0.1) is 0 Å². The molecule has 0 N–H and O–H groups in total. The molecule has 0 unspecified atom stereocenters. The molecule has 0 spiro atoms. The Kier molecular flexibility index (Phi) is 17.5. The minimum absolute atomic E-state index is 0. The van der Waals surface area contributed by atoms with Crippen LogP contribution >= 0.6 is 8.69 Å². The average Bonchev–Trinajstić information content (AvgIpc) is 1.41. The van der Waals surface area contributed by atoms with E-state index in [1.165, 1.54) is 0 Å². The van der Waals surface area contributed by atoms with Crippen LogP contribution in [0.1, 0.15) is 8.35 Å². The SMILES string of the molecule is CCOP=O.[H-].[K+]. The van der Waals surface area contributed by atoms with E-state index in [4.69, 9.17) is 0 Å². The summed E-state index contributed by atoms with van der Waals surface area (Å²) in [6.07, 6.45) is 0. The van der Waals surface area contributed by atoms with Crippen molar-refractivity contribution in [2.45, 2.75) is 6.92 Å². The van der Waals surface area contributed by atoms with Gasteiger partial charge >= 0.3 is 60.1 Å². The first-order valence-corrected chi connectivity index (χ1v) is 2.09. The molecule has 0 aromatic heterocycles. The molecular formula is C2H6KO2P. The summed E-state index contributed by atoms with van der Waals surface area (Å²) in [5.74, 6) is 0. The molecule has 0 aromatic rings. The van der Waals surface area contributed by atoms with Crippen LogP contribution in [0.4, 0.5) is 0 Å². The Bertz CT molecular complexity index is 36.9. The second kappa shape index (κ2) is 9.85. The summed E-state index contributed by atoms with van der Waals surface area (Å²) in [5, 5.41) is 0. The van der Waals surface area contributed by atoms with Crippen molar-refractivity contribution in [3.05, 3.63) is 0 Å². The van der Waals surface area contributed by atoms with Gasteiger partial charge in [0.2, 0.25) is 0 Å². The molecule has 0 aliphatic carbocycles. The number of hydrogen-bond acceptors (Lipinski definition) is 2. The van der Waals surface area contributed by atoms with Gasteiger partial charge in [0.15, 0.2) is 0 Å². The third kappa shape index (κ3) is 9.20. The van der Waals surface area contributed by atoms with Crippen molar-refractivity contribution in [2.24, 2.45) is 0 Å². The van der Waals surface area contributed by atoms with E-state index in [0.29, 0.717) is 6.61 Å². The number of hydrogen-bond donors (Lipinski definition) is 0. The Labute approximate surface area is 82.8 Å². The maximum Gasteiger partial charge on any atom is 1.00 e. The molecule has 32 valence electrons. The maximum absolute atomic E-state index is 9.28. The van der Waals surface area contributed by atoms with Gasteiger partial charge in [-0.1, -0.05) is 0 Å². The van der Waals surface area contributed by atoms with Crippen LogP contribution in [0.15, 0.2) is 0 Å². The number of rotatable bonds is 2. The van der Waals surface area contributed by atoms with Gasteiger partial charge in [-0.3, -0.25) is 4.52 Å². The molecule has 0 atom stereocenters. The molecule has 0 aliphatic heterocycles. The summed E-state index contributed by atoms with van der Waals surface area (Å²) in [6, 6.07) is 0. The third-order valence-corrected chi connectivity index (χ3v) is 0.545. The van der Waals surface area contributed by atoms with E-state index in [-0.39, 0.29) is 61.5 Å². The molecule has 4 heteroatoms. The molecule has 0 aliphatic rings. The van der Waals surface area contributed by atoms with Gasteiger partial charge in [0.1, 0.15) is 0 Å². The average molecular weight is 132 g/mol. The van der Waals surface area contributed by atoms with Gasteiger partial charge < -0.3 is 1.43 Å². The summed E-state index contributed by atoms with van der Waals surface area (Å²) < 4.78 is 13.5. The molecule has 0 heterocycles. The van der Waals surface area contributed by atoms with Gasteiger partial charge in [0, 0.05) is 0 Å². The van der Waals surface area contributed by atoms with Crippen molar-refractivity contribution < 1.29 is 61.9 Å². The molecular weight excluding hydrogens is 126 g/mol. The zero-order chi connectivity index (χ0) is 4.12. The fourth-order valence-corrected chi connectivity index (χ4v) is 0.158. The Morgan fingerprint density at radius 1 is 2.00 bits per heavy atom. The van der Waals surface area contributed by atoms with E-state index < -0.39 is 0 Å². The van der Waals surface area contributed by atoms with E-state index >= 15 is 0 Å². The minimum atomic E-state index is -0.220. The molecule has 0 bridgehead atoms. The third-order valence-electron chi connectivity index (χ3n) is 0.182. The van der Waals surface area contributed by atoms with Crippen LogP contribution in [-0.2, 0) is 9.09 Å². The summed E-state index contributed by atoms with van der Waals surface area (Å²) in [7, 11) is -0.220. The Hall–Kier alpha value is 1.70. The smallest absolute Gasteiger partial charge is 1.00 e. The molecule has 0 aromatic carbocycles. The fraction of sp³-hybridized carbons (Fsp3) is 1.00. The summed E-state index contributed by atoms with van der Waals surface area (Å²) in [5.41, 5.74) is 0. The predicted octanol–water partition coefficient (Wildman–Crippen LogP) is -1.65. The van der Waals surface area contributed by atoms with E-state index in [2.05, 4.69) is 4.52 Å². The van der Waals surface area contributed by atoms with Crippen molar-refractivity contribution in [1.29, 1.82) is 0 Å². The van der Waals surface area contributed by atoms with Crippen LogP contribution in [0.3, 0.4) is 0 Å². The Balaban J connectivity index is -0.0000000800. The zero-order valence-electron chi connectivity index (χ0n) is 4.97. The van der Waals surface area contributed by atoms with Gasteiger partial charge in [-0.05, 0) is 6.92 Å². The summed E-state index contributed by atoms with van der Waals surface area (Å²) in [6.45, 7) is 2.30. The molecule has 0 saturated carbocycles. The molecule has 6 heavy (non-hydrogen) atoms. The van der Waals surface area contributed by atoms with Crippen molar-refractivity contribution in [3.8, 4) is 0 Å². The standard InChI is InChI=1S/C2H5O2P.K.H/c1-2-4-5-3;;/h2H2,1H3;;/q;+1;-1. The first-order chi connectivity index (χ1) is 2.41. The predicted molar refractivity (Wildman–Crippen MR) is 20.3 cm³/mol. The van der Waals surface area contributed by atoms with Gasteiger partial charge in [-0.2, -0.15) is 0 Å². The van der Waals surface area contributed by atoms with Crippen LogP contribution in [0.5, 0.6) is 0 Å². The minimum Gasteiger partial charge on any atom is -1.00 e. The van der Waals surface area contributed by atoms with Crippen LogP contribution < -0.4 is 51.4 Å². The molecule has 0 saturated heterocycles. The fourth-order valence-electron chi connectivity index (χ4n) is 0.0527. The molecule has 0 amide bonds.